The molecule has 3 aromatic rings. The highest BCUT2D eigenvalue weighted by Gasteiger charge is 2.53. The van der Waals surface area contributed by atoms with Gasteiger partial charge in [-0.2, -0.15) is 18.4 Å². The van der Waals surface area contributed by atoms with Gasteiger partial charge in [0.15, 0.2) is 23.8 Å². The number of amides is 6. The first-order chi connectivity index (χ1) is 29.4. The van der Waals surface area contributed by atoms with Gasteiger partial charge in [0.25, 0.3) is 17.7 Å². The molecule has 6 amide bonds. The number of hydrogen-bond acceptors (Lipinski definition) is 11. The number of carbonyl (C=O) groups excluding carboxylic acids is 6. The lowest BCUT2D eigenvalue weighted by molar-refractivity contribution is -0.141. The minimum Gasteiger partial charge on any atom is -0.483 e. The normalized spacial score (nSPS) is 21.7. The number of halogens is 4. The number of fused-ring (bicyclic) bond motifs is 1. The first-order valence-corrected chi connectivity index (χ1v) is 19.9. The van der Waals surface area contributed by atoms with E-state index in [4.69, 9.17) is 22.2 Å². The van der Waals surface area contributed by atoms with Gasteiger partial charge in [0.05, 0.1) is 34.8 Å². The molecule has 4 atom stereocenters. The average molecular weight is 879 g/mol. The summed E-state index contributed by atoms with van der Waals surface area (Å²) < 4.78 is 62.1. The fourth-order valence-electron chi connectivity index (χ4n) is 7.89. The van der Waals surface area contributed by atoms with Crippen molar-refractivity contribution in [2.24, 2.45) is 5.92 Å². The molecule has 1 aromatic heterocycles. The molecule has 3 fully saturated rings. The number of pyridine rings is 1. The number of nitrogens with one attached hydrogen (secondary N) is 3. The number of aliphatic hydroxyl groups excluding tert-OH is 1. The topological polar surface area (TPSA) is 214 Å². The largest absolute Gasteiger partial charge is 0.483 e. The van der Waals surface area contributed by atoms with Crippen LogP contribution in [0.4, 0.5) is 28.9 Å². The monoisotopic (exact) mass is 878 g/mol. The molecule has 0 bridgehead atoms. The highest BCUT2D eigenvalue weighted by atomic mass is 32.1. The Kier molecular flexibility index (Phi) is 11.8. The molecule has 4 N–H and O–H groups in total. The summed E-state index contributed by atoms with van der Waals surface area (Å²) in [6.45, 7) is 3.12. The number of ether oxygens (including phenoxy) is 1. The molecule has 1 saturated carbocycles. The van der Waals surface area contributed by atoms with Gasteiger partial charge in [0, 0.05) is 42.6 Å². The average Bonchev–Trinajstić information content (AvgIpc) is 3.95. The number of hydrogen-bond donors (Lipinski definition) is 4. The molecule has 3 aliphatic heterocycles. The van der Waals surface area contributed by atoms with Crippen molar-refractivity contribution in [3.63, 3.8) is 0 Å². The summed E-state index contributed by atoms with van der Waals surface area (Å²) in [5, 5.41) is 27.4. The molecule has 21 heteroatoms. The number of thiocarbonyl (C=S) groups is 1. The van der Waals surface area contributed by atoms with Crippen LogP contribution < -0.4 is 30.5 Å². The Morgan fingerprint density at radius 1 is 1.08 bits per heavy atom. The zero-order valence-electron chi connectivity index (χ0n) is 33.0. The molecule has 4 heterocycles. The zero-order valence-corrected chi connectivity index (χ0v) is 33.9. The van der Waals surface area contributed by atoms with Crippen LogP contribution in [-0.2, 0) is 30.1 Å². The first-order valence-electron chi connectivity index (χ1n) is 19.5. The number of piperidine rings is 1. The van der Waals surface area contributed by atoms with Crippen molar-refractivity contribution in [2.45, 2.75) is 75.9 Å². The molecular weight excluding hydrogens is 841 g/mol. The predicted octanol–water partition coefficient (Wildman–Crippen LogP) is 3.47. The van der Waals surface area contributed by atoms with Crippen molar-refractivity contribution in [1.29, 1.82) is 5.26 Å². The molecule has 7 rings (SSSR count). The molecule has 4 aliphatic rings. The van der Waals surface area contributed by atoms with Crippen LogP contribution in [0, 0.1) is 23.1 Å². The molecule has 16 nitrogen and oxygen atoms in total. The number of nitriles is 1. The second kappa shape index (κ2) is 16.7. The van der Waals surface area contributed by atoms with E-state index in [0.717, 1.165) is 17.0 Å². The number of unbranched alkanes of at least 4 members (excludes halogenated alkanes) is 1. The molecule has 324 valence electrons. The Balaban J connectivity index is 0.852. The number of anilines is 2. The standard InChI is InChI=1S/C41H38F4N8O8S/c1-40(2)38(60)52(26-11-8-20(17-46)32(33(26)42)41(43,44)45)39(62)53(40)21-9-10-25(49-18-21)23-16-24(23)34(56)48-15-4-3-14-47-30(55)19-61-28-7-5-6-22-31(28)37(59)51(36(22)58)27-12-13-29(54)50-35(27)57/h5-11,18,23-24,27,36,58H,3-4,12-16,19H2,1-2H3,(H,47,55)(H,48,56)(H,50,54,57)/t23-,24-,27?,36?/m1/s1. The molecule has 2 aromatic carbocycles. The lowest BCUT2D eigenvalue weighted by Gasteiger charge is -2.31. The summed E-state index contributed by atoms with van der Waals surface area (Å²) in [6, 6.07) is 9.74. The quantitative estimate of drug-likeness (QED) is 0.0841. The Bertz CT molecular complexity index is 2440. The van der Waals surface area contributed by atoms with E-state index in [1.54, 1.807) is 18.2 Å². The minimum atomic E-state index is -5.21. The number of imide groups is 1. The lowest BCUT2D eigenvalue weighted by atomic mass is 10.0. The van der Waals surface area contributed by atoms with E-state index in [2.05, 4.69) is 20.9 Å². The SMILES string of the molecule is CC1(C)C(=O)N(c2ccc(C#N)c(C(F)(F)F)c2F)C(=S)N1c1ccc([C@@H]2C[C@H]2C(=O)NCCCCNC(=O)COc2cccc3c2C(=O)N(C2CCC(=O)NC2=O)C3O)nc1. The van der Waals surface area contributed by atoms with Crippen LogP contribution in [0.15, 0.2) is 48.7 Å². The third-order valence-electron chi connectivity index (χ3n) is 11.1. The number of alkyl halides is 3. The number of aromatic nitrogens is 1. The smallest absolute Gasteiger partial charge is 0.420 e. The van der Waals surface area contributed by atoms with Gasteiger partial charge in [-0.15, -0.1) is 0 Å². The first kappa shape index (κ1) is 43.6. The Morgan fingerprint density at radius 2 is 1.81 bits per heavy atom. The number of nitrogens with zero attached hydrogens (tertiary/aromatic N) is 5. The summed E-state index contributed by atoms with van der Waals surface area (Å²) in [7, 11) is 0. The number of aliphatic hydroxyl groups is 1. The Labute approximate surface area is 356 Å². The maximum atomic E-state index is 15.4. The third kappa shape index (κ3) is 8.02. The van der Waals surface area contributed by atoms with Gasteiger partial charge >= 0.3 is 6.18 Å². The summed E-state index contributed by atoms with van der Waals surface area (Å²) in [4.78, 5) is 83.7. The molecule has 1 aliphatic carbocycles. The second-order valence-electron chi connectivity index (χ2n) is 15.5. The van der Waals surface area contributed by atoms with E-state index in [9.17, 15) is 47.0 Å². The van der Waals surface area contributed by atoms with Gasteiger partial charge in [-0.3, -0.25) is 48.9 Å². The van der Waals surface area contributed by atoms with Crippen LogP contribution in [-0.4, -0.2) is 86.8 Å². The minimum absolute atomic E-state index is 0.0131. The van der Waals surface area contributed by atoms with E-state index in [0.29, 0.717) is 42.1 Å². The lowest BCUT2D eigenvalue weighted by Crippen LogP contribution is -2.53. The Hall–Kier alpha value is -6.53. The van der Waals surface area contributed by atoms with Crippen molar-refractivity contribution >= 4 is 64.1 Å². The van der Waals surface area contributed by atoms with Gasteiger partial charge in [-0.1, -0.05) is 12.1 Å². The maximum Gasteiger partial charge on any atom is 0.420 e. The van der Waals surface area contributed by atoms with Crippen molar-refractivity contribution in [1.82, 2.24) is 25.8 Å². The number of carbonyl (C=O) groups is 6. The van der Waals surface area contributed by atoms with Gasteiger partial charge in [0.1, 0.15) is 22.9 Å². The highest BCUT2D eigenvalue weighted by molar-refractivity contribution is 7.81. The van der Waals surface area contributed by atoms with Crippen molar-refractivity contribution in [3.8, 4) is 11.8 Å². The molecular formula is C41H38F4N8O8S. The van der Waals surface area contributed by atoms with Crippen LogP contribution in [0.5, 0.6) is 5.75 Å². The molecule has 0 spiro atoms. The Morgan fingerprint density at radius 3 is 2.47 bits per heavy atom. The van der Waals surface area contributed by atoms with Gasteiger partial charge in [-0.25, -0.2) is 4.39 Å². The van der Waals surface area contributed by atoms with Crippen LogP contribution >= 0.6 is 12.2 Å². The zero-order chi connectivity index (χ0) is 44.8. The second-order valence-corrected chi connectivity index (χ2v) is 15.9. The third-order valence-corrected chi connectivity index (χ3v) is 11.5. The predicted molar refractivity (Wildman–Crippen MR) is 212 cm³/mol. The highest BCUT2D eigenvalue weighted by Crippen LogP contribution is 2.48. The van der Waals surface area contributed by atoms with Gasteiger partial charge < -0.3 is 25.4 Å². The fourth-order valence-corrected chi connectivity index (χ4v) is 8.40. The summed E-state index contributed by atoms with van der Waals surface area (Å²) in [6.07, 6.45) is -3.58. The molecule has 0 radical (unpaired) electrons. The van der Waals surface area contributed by atoms with Crippen LogP contribution in [0.3, 0.4) is 0 Å². The van der Waals surface area contributed by atoms with Crippen LogP contribution in [0.25, 0.3) is 0 Å². The van der Waals surface area contributed by atoms with E-state index in [1.165, 1.54) is 43.1 Å². The van der Waals surface area contributed by atoms with Crippen LogP contribution in [0.1, 0.15) is 90.8 Å². The molecule has 62 heavy (non-hydrogen) atoms. The molecule has 2 saturated heterocycles. The fraction of sp³-hybridized carbons (Fsp3) is 0.390. The van der Waals surface area contributed by atoms with Gasteiger partial charge in [-0.05, 0) is 82.1 Å². The summed E-state index contributed by atoms with van der Waals surface area (Å²) in [5.41, 5.74) is -3.81. The summed E-state index contributed by atoms with van der Waals surface area (Å²) in [5.74, 6) is -5.56. The van der Waals surface area contributed by atoms with E-state index in [1.807, 2.05) is 0 Å². The van der Waals surface area contributed by atoms with Crippen molar-refractivity contribution < 1.29 is 56.2 Å². The van der Waals surface area contributed by atoms with Crippen LogP contribution in [0.2, 0.25) is 0 Å². The van der Waals surface area contributed by atoms with Gasteiger partial charge in [0.2, 0.25) is 17.7 Å². The van der Waals surface area contributed by atoms with Crippen molar-refractivity contribution in [3.05, 3.63) is 82.4 Å². The summed E-state index contributed by atoms with van der Waals surface area (Å²) >= 11 is 5.49. The number of benzene rings is 2. The van der Waals surface area contributed by atoms with E-state index >= 15 is 4.39 Å². The van der Waals surface area contributed by atoms with Crippen molar-refractivity contribution in [2.75, 3.05) is 29.5 Å². The number of rotatable bonds is 13. The van der Waals surface area contributed by atoms with E-state index in [-0.39, 0.29) is 59.1 Å². The molecule has 2 unspecified atom stereocenters. The maximum absolute atomic E-state index is 15.4. The van der Waals surface area contributed by atoms with E-state index < -0.39 is 82.8 Å².